The smallest absolute Gasteiger partial charge is 0.152 e. The van der Waals surface area contributed by atoms with Crippen molar-refractivity contribution in [1.29, 1.82) is 0 Å². The van der Waals surface area contributed by atoms with E-state index >= 15 is 0 Å². The van der Waals surface area contributed by atoms with Crippen molar-refractivity contribution >= 4 is 21.7 Å². The molecule has 0 unspecified atom stereocenters. The predicted molar refractivity (Wildman–Crippen MR) is 138 cm³/mol. The third-order valence-corrected chi connectivity index (χ3v) is 5.61. The summed E-state index contributed by atoms with van der Waals surface area (Å²) in [6.45, 7) is 17.5. The number of allylic oxidation sites excluding steroid dienone is 1. The number of hydrogen-bond acceptors (Lipinski definition) is 2. The van der Waals surface area contributed by atoms with Crippen molar-refractivity contribution in [3.63, 3.8) is 0 Å². The fourth-order valence-corrected chi connectivity index (χ4v) is 3.27. The van der Waals surface area contributed by atoms with Gasteiger partial charge >= 0.3 is 0 Å². The van der Waals surface area contributed by atoms with Crippen molar-refractivity contribution in [2.75, 3.05) is 0 Å². The average Bonchev–Trinajstić information content (AvgIpc) is 2.72. The van der Waals surface area contributed by atoms with E-state index in [1.807, 2.05) is 19.2 Å². The number of carbonyl (C=O) groups is 1. The Morgan fingerprint density at radius 1 is 0.935 bits per heavy atom. The van der Waals surface area contributed by atoms with E-state index in [9.17, 15) is 4.79 Å². The number of aromatic nitrogens is 1. The monoisotopic (exact) mass is 479 g/mol. The van der Waals surface area contributed by atoms with Crippen molar-refractivity contribution in [3.05, 3.63) is 99.8 Å². The highest BCUT2D eigenvalue weighted by molar-refractivity contribution is 9.10. The summed E-state index contributed by atoms with van der Waals surface area (Å²) >= 11 is 3.53. The normalized spacial score (nSPS) is 9.84. The molecule has 0 aliphatic carbocycles. The van der Waals surface area contributed by atoms with Crippen LogP contribution in [-0.2, 0) is 4.79 Å². The number of hydrogen-bond donors (Lipinski definition) is 0. The number of ketones is 1. The van der Waals surface area contributed by atoms with Crippen LogP contribution in [0.25, 0.3) is 11.1 Å². The number of halogens is 1. The molecule has 1 aromatic heterocycles. The van der Waals surface area contributed by atoms with Gasteiger partial charge in [-0.15, -0.1) is 0 Å². The summed E-state index contributed by atoms with van der Waals surface area (Å²) in [7, 11) is 0. The van der Waals surface area contributed by atoms with Gasteiger partial charge in [0.25, 0.3) is 0 Å². The standard InChI is InChI=1S/C13H13N.C11H15Br.C4H6O/c1-10-3-6-12(7-4-10)13-8-5-11(2)14-9-13;1-7(2)10-5-9(4)11(12)6-8(10)3;1-3-4(2)5/h3-9H,1-2H3;5-7H,1-4H3;3H,1H2,2H3. The van der Waals surface area contributed by atoms with E-state index in [2.05, 4.69) is 105 Å². The van der Waals surface area contributed by atoms with E-state index in [4.69, 9.17) is 0 Å². The van der Waals surface area contributed by atoms with E-state index in [1.54, 1.807) is 0 Å². The van der Waals surface area contributed by atoms with Gasteiger partial charge in [-0.3, -0.25) is 9.78 Å². The Balaban J connectivity index is 0.000000259. The quantitative estimate of drug-likeness (QED) is 0.353. The molecule has 0 aliphatic heterocycles. The van der Waals surface area contributed by atoms with Gasteiger partial charge in [0, 0.05) is 21.9 Å². The van der Waals surface area contributed by atoms with Crippen LogP contribution in [0, 0.1) is 27.7 Å². The molecular formula is C28H34BrNO. The number of carbonyl (C=O) groups excluding carboxylic acids is 1. The summed E-state index contributed by atoms with van der Waals surface area (Å²) < 4.78 is 1.21. The Labute approximate surface area is 196 Å². The highest BCUT2D eigenvalue weighted by atomic mass is 79.9. The Morgan fingerprint density at radius 3 is 1.94 bits per heavy atom. The van der Waals surface area contributed by atoms with E-state index in [0.29, 0.717) is 5.92 Å². The van der Waals surface area contributed by atoms with Gasteiger partial charge in [0.1, 0.15) is 0 Å². The topological polar surface area (TPSA) is 30.0 Å². The molecule has 0 saturated carbocycles. The molecule has 3 aromatic rings. The second kappa shape index (κ2) is 13.0. The molecule has 2 nitrogen and oxygen atoms in total. The first-order chi connectivity index (χ1) is 14.5. The molecule has 0 radical (unpaired) electrons. The Bertz CT molecular complexity index is 943. The van der Waals surface area contributed by atoms with Crippen molar-refractivity contribution in [1.82, 2.24) is 4.98 Å². The second-order valence-electron chi connectivity index (χ2n) is 7.98. The highest BCUT2D eigenvalue weighted by Crippen LogP contribution is 2.25. The number of rotatable bonds is 3. The zero-order valence-electron chi connectivity index (χ0n) is 19.8. The molecule has 0 amide bonds. The largest absolute Gasteiger partial charge is 0.295 e. The molecule has 0 bridgehead atoms. The molecule has 0 saturated heterocycles. The van der Waals surface area contributed by atoms with Crippen LogP contribution in [0.3, 0.4) is 0 Å². The minimum absolute atomic E-state index is 0.0185. The first kappa shape index (κ1) is 26.5. The molecule has 3 rings (SSSR count). The third-order valence-electron chi connectivity index (χ3n) is 4.75. The lowest BCUT2D eigenvalue weighted by Crippen LogP contribution is -1.93. The molecule has 164 valence electrons. The molecule has 2 aromatic carbocycles. The Kier molecular flexibility index (Phi) is 11.1. The van der Waals surface area contributed by atoms with Crippen LogP contribution in [-0.4, -0.2) is 10.8 Å². The maximum Gasteiger partial charge on any atom is 0.152 e. The molecule has 0 fully saturated rings. The summed E-state index contributed by atoms with van der Waals surface area (Å²) in [5.41, 5.74) is 8.90. The van der Waals surface area contributed by atoms with Crippen molar-refractivity contribution in [3.8, 4) is 11.1 Å². The summed E-state index contributed by atoms with van der Waals surface area (Å²) in [6.07, 6.45) is 3.19. The lowest BCUT2D eigenvalue weighted by atomic mass is 9.96. The van der Waals surface area contributed by atoms with E-state index in [0.717, 1.165) is 5.69 Å². The van der Waals surface area contributed by atoms with Gasteiger partial charge in [0.05, 0.1) is 0 Å². The zero-order chi connectivity index (χ0) is 23.6. The SMILES string of the molecule is C=CC(C)=O.Cc1cc(C(C)C)c(C)cc1Br.Cc1ccc(-c2ccc(C)nc2)cc1. The summed E-state index contributed by atoms with van der Waals surface area (Å²) in [4.78, 5) is 14.0. The van der Waals surface area contributed by atoms with Gasteiger partial charge in [-0.05, 0) is 81.0 Å². The fraction of sp³-hybridized carbons (Fsp3) is 0.286. The van der Waals surface area contributed by atoms with E-state index in [-0.39, 0.29) is 5.78 Å². The molecule has 3 heteroatoms. The average molecular weight is 480 g/mol. The van der Waals surface area contributed by atoms with Crippen LogP contribution in [0.15, 0.2) is 71.9 Å². The molecule has 0 aliphatic rings. The first-order valence-electron chi connectivity index (χ1n) is 10.4. The minimum Gasteiger partial charge on any atom is -0.295 e. The summed E-state index contributed by atoms with van der Waals surface area (Å²) in [5, 5.41) is 0. The Hall–Kier alpha value is -2.52. The Morgan fingerprint density at radius 2 is 1.48 bits per heavy atom. The lowest BCUT2D eigenvalue weighted by Gasteiger charge is -2.11. The number of pyridine rings is 1. The highest BCUT2D eigenvalue weighted by Gasteiger charge is 2.05. The van der Waals surface area contributed by atoms with Crippen molar-refractivity contribution in [2.45, 2.75) is 54.4 Å². The lowest BCUT2D eigenvalue weighted by molar-refractivity contribution is -0.112. The van der Waals surface area contributed by atoms with E-state index in [1.165, 1.54) is 50.9 Å². The van der Waals surface area contributed by atoms with Gasteiger partial charge in [-0.2, -0.15) is 0 Å². The van der Waals surface area contributed by atoms with Gasteiger partial charge in [0.2, 0.25) is 0 Å². The van der Waals surface area contributed by atoms with Crippen LogP contribution in [0.1, 0.15) is 54.6 Å². The van der Waals surface area contributed by atoms with Gasteiger partial charge in [-0.25, -0.2) is 0 Å². The van der Waals surface area contributed by atoms with Crippen LogP contribution in [0.5, 0.6) is 0 Å². The van der Waals surface area contributed by atoms with E-state index < -0.39 is 0 Å². The van der Waals surface area contributed by atoms with Crippen LogP contribution >= 0.6 is 15.9 Å². The predicted octanol–water partition coefficient (Wildman–Crippen LogP) is 8.32. The number of benzene rings is 2. The van der Waals surface area contributed by atoms with Crippen molar-refractivity contribution < 1.29 is 4.79 Å². The summed E-state index contributed by atoms with van der Waals surface area (Å²) in [5.74, 6) is 0.641. The number of nitrogens with zero attached hydrogens (tertiary/aromatic N) is 1. The first-order valence-corrected chi connectivity index (χ1v) is 11.2. The molecule has 0 atom stereocenters. The van der Waals surface area contributed by atoms with Crippen LogP contribution < -0.4 is 0 Å². The molecule has 31 heavy (non-hydrogen) atoms. The molecular weight excluding hydrogens is 446 g/mol. The molecule has 0 N–H and O–H groups in total. The molecule has 0 spiro atoms. The number of aryl methyl sites for hydroxylation is 4. The van der Waals surface area contributed by atoms with Crippen LogP contribution in [0.2, 0.25) is 0 Å². The maximum atomic E-state index is 9.69. The maximum absolute atomic E-state index is 9.69. The summed E-state index contributed by atoms with van der Waals surface area (Å²) in [6, 6.07) is 17.1. The van der Waals surface area contributed by atoms with Gasteiger partial charge in [0.15, 0.2) is 5.78 Å². The van der Waals surface area contributed by atoms with Crippen molar-refractivity contribution in [2.24, 2.45) is 0 Å². The fourth-order valence-electron chi connectivity index (χ4n) is 2.81. The van der Waals surface area contributed by atoms with Crippen LogP contribution in [0.4, 0.5) is 0 Å². The van der Waals surface area contributed by atoms with Gasteiger partial charge in [-0.1, -0.05) is 78.3 Å². The second-order valence-corrected chi connectivity index (χ2v) is 8.84. The third kappa shape index (κ3) is 9.44. The van der Waals surface area contributed by atoms with Gasteiger partial charge < -0.3 is 0 Å². The molecule has 1 heterocycles. The zero-order valence-corrected chi connectivity index (χ0v) is 21.4. The minimum atomic E-state index is 0.0185.